The van der Waals surface area contributed by atoms with Crippen molar-refractivity contribution in [2.45, 2.75) is 50.7 Å². The molecule has 3 rings (SSSR count). The topological polar surface area (TPSA) is 93.5 Å². The van der Waals surface area contributed by atoms with Crippen LogP contribution < -0.4 is 0 Å². The molecule has 1 aliphatic heterocycles. The molecule has 0 saturated heterocycles. The Balaban J connectivity index is 1.48. The van der Waals surface area contributed by atoms with Crippen LogP contribution >= 0.6 is 11.6 Å². The van der Waals surface area contributed by atoms with Crippen LogP contribution in [0.3, 0.4) is 0 Å². The molecule has 1 aromatic heterocycles. The number of nitro groups is 1. The largest absolute Gasteiger partial charge is 0.388 e. The van der Waals surface area contributed by atoms with Crippen LogP contribution in [0, 0.1) is 10.1 Å². The monoisotopic (exact) mass is 376 g/mol. The zero-order chi connectivity index (χ0) is 18.7. The number of hydrogen-bond donors (Lipinski definition) is 1. The van der Waals surface area contributed by atoms with Crippen LogP contribution in [0.1, 0.15) is 44.1 Å². The molecule has 0 fully saturated rings. The lowest BCUT2D eigenvalue weighted by Gasteiger charge is -2.23. The number of aromatic nitrogens is 2. The fourth-order valence-corrected chi connectivity index (χ4v) is 3.49. The molecule has 1 N–H and O–H groups in total. The van der Waals surface area contributed by atoms with Crippen LogP contribution in [0.25, 0.3) is 0 Å². The highest BCUT2D eigenvalue weighted by atomic mass is 35.5. The number of fused-ring (bicyclic) bond motifs is 1. The molecule has 2 aromatic rings. The van der Waals surface area contributed by atoms with E-state index in [-0.39, 0.29) is 17.6 Å². The molecule has 2 unspecified atom stereocenters. The van der Waals surface area contributed by atoms with Crippen molar-refractivity contribution in [3.63, 3.8) is 0 Å². The molecule has 2 heterocycles. The third-order valence-electron chi connectivity index (χ3n) is 4.62. The first-order valence-corrected chi connectivity index (χ1v) is 8.96. The highest BCUT2D eigenvalue weighted by molar-refractivity contribution is 6.28. The highest BCUT2D eigenvalue weighted by Crippen LogP contribution is 2.35. The van der Waals surface area contributed by atoms with Gasteiger partial charge in [0.15, 0.2) is 0 Å². The van der Waals surface area contributed by atoms with Crippen molar-refractivity contribution >= 4 is 29.3 Å². The van der Waals surface area contributed by atoms with E-state index in [0.717, 1.165) is 24.9 Å². The second-order valence-electron chi connectivity index (χ2n) is 6.94. The summed E-state index contributed by atoms with van der Waals surface area (Å²) in [7, 11) is 0. The summed E-state index contributed by atoms with van der Waals surface area (Å²) >= 11 is 5.91. The number of rotatable bonds is 8. The van der Waals surface area contributed by atoms with Crippen molar-refractivity contribution in [3.8, 4) is 0 Å². The quantitative estimate of drug-likeness (QED) is 0.423. The number of unbranched alkanes of at least 4 members (excludes halogenated alkanes) is 1. The van der Waals surface area contributed by atoms with E-state index in [2.05, 4.69) is 16.0 Å². The second kappa shape index (κ2) is 7.55. The number of hydrogen-bond acceptors (Lipinski definition) is 5. The summed E-state index contributed by atoms with van der Waals surface area (Å²) < 4.78 is 1.42. The van der Waals surface area contributed by atoms with Crippen LogP contribution in [-0.2, 0) is 6.54 Å². The molecular formula is C18H21ClN4O3. The van der Waals surface area contributed by atoms with E-state index < -0.39 is 10.5 Å². The lowest BCUT2D eigenvalue weighted by molar-refractivity contribution is -0.389. The van der Waals surface area contributed by atoms with Crippen LogP contribution in [-0.4, -0.2) is 31.4 Å². The van der Waals surface area contributed by atoms with Gasteiger partial charge in [-0.25, -0.2) is 0 Å². The Bertz CT molecular complexity index is 832. The SMILES string of the molecule is CC(O)(CCCCC1C=Nc2ccccc21)Cn1cc([N+](=O)[O-])nc1Cl. The van der Waals surface area contributed by atoms with Crippen molar-refractivity contribution in [2.24, 2.45) is 4.99 Å². The lowest BCUT2D eigenvalue weighted by atomic mass is 9.92. The van der Waals surface area contributed by atoms with Crippen LogP contribution in [0.2, 0.25) is 5.28 Å². The van der Waals surface area contributed by atoms with Gasteiger partial charge in [-0.3, -0.25) is 9.56 Å². The average Bonchev–Trinajstić information content (AvgIpc) is 3.16. The van der Waals surface area contributed by atoms with Gasteiger partial charge >= 0.3 is 11.1 Å². The maximum atomic E-state index is 10.8. The fourth-order valence-electron chi connectivity index (χ4n) is 3.29. The van der Waals surface area contributed by atoms with E-state index in [0.29, 0.717) is 12.3 Å². The maximum absolute atomic E-state index is 10.8. The Morgan fingerprint density at radius 1 is 1.38 bits per heavy atom. The lowest BCUT2D eigenvalue weighted by Crippen LogP contribution is -2.30. The van der Waals surface area contributed by atoms with E-state index in [1.54, 1.807) is 6.92 Å². The van der Waals surface area contributed by atoms with Gasteiger partial charge in [0.25, 0.3) is 0 Å². The Hall–Kier alpha value is -2.25. The molecule has 0 radical (unpaired) electrons. The predicted octanol–water partition coefficient (Wildman–Crippen LogP) is 4.26. The number of benzene rings is 1. The third kappa shape index (κ3) is 4.28. The molecule has 2 atom stereocenters. The van der Waals surface area contributed by atoms with Gasteiger partial charge in [-0.1, -0.05) is 31.0 Å². The summed E-state index contributed by atoms with van der Waals surface area (Å²) in [5.74, 6) is 0.0203. The van der Waals surface area contributed by atoms with Gasteiger partial charge in [0.2, 0.25) is 0 Å². The molecule has 1 aromatic carbocycles. The Morgan fingerprint density at radius 3 is 2.88 bits per heavy atom. The second-order valence-corrected chi connectivity index (χ2v) is 7.28. The normalized spacial score (nSPS) is 17.9. The van der Waals surface area contributed by atoms with Gasteiger partial charge < -0.3 is 15.2 Å². The summed E-state index contributed by atoms with van der Waals surface area (Å²) in [6, 6.07) is 8.14. The van der Waals surface area contributed by atoms with Gasteiger partial charge in [-0.05, 0) is 52.9 Å². The minimum absolute atomic E-state index is 0.00995. The molecule has 7 nitrogen and oxygen atoms in total. The Kier molecular flexibility index (Phi) is 5.38. The van der Waals surface area contributed by atoms with Crippen molar-refractivity contribution < 1.29 is 10.0 Å². The number of aliphatic imine (C=N–C) groups is 1. The zero-order valence-corrected chi connectivity index (χ0v) is 15.3. The van der Waals surface area contributed by atoms with Crippen molar-refractivity contribution in [1.82, 2.24) is 9.55 Å². The molecule has 8 heteroatoms. The molecule has 26 heavy (non-hydrogen) atoms. The van der Waals surface area contributed by atoms with Crippen LogP contribution in [0.4, 0.5) is 11.5 Å². The van der Waals surface area contributed by atoms with Crippen molar-refractivity contribution in [3.05, 3.63) is 51.4 Å². The molecule has 0 saturated carbocycles. The summed E-state index contributed by atoms with van der Waals surface area (Å²) in [5.41, 5.74) is 1.29. The summed E-state index contributed by atoms with van der Waals surface area (Å²) in [5, 5.41) is 21.4. The summed E-state index contributed by atoms with van der Waals surface area (Å²) in [6.07, 6.45) is 6.59. The smallest absolute Gasteiger partial charge is 0.383 e. The van der Waals surface area contributed by atoms with E-state index in [9.17, 15) is 15.2 Å². The molecule has 0 aliphatic carbocycles. The number of aliphatic hydroxyl groups is 1. The van der Waals surface area contributed by atoms with Crippen molar-refractivity contribution in [1.29, 1.82) is 0 Å². The standard InChI is InChI=1S/C18H21ClN4O3/c1-18(24,12-22-11-16(23(25)26)21-17(22)19)9-5-4-6-13-10-20-15-8-3-2-7-14(13)15/h2-3,7-8,10-11,13,24H,4-6,9,12H2,1H3. The number of nitrogens with zero attached hydrogens (tertiary/aromatic N) is 4. The van der Waals surface area contributed by atoms with Crippen molar-refractivity contribution in [2.75, 3.05) is 0 Å². The minimum Gasteiger partial charge on any atom is -0.388 e. The molecule has 1 aliphatic rings. The van der Waals surface area contributed by atoms with Gasteiger partial charge in [-0.2, -0.15) is 0 Å². The Morgan fingerprint density at radius 2 is 2.15 bits per heavy atom. The van der Waals surface area contributed by atoms with E-state index in [1.165, 1.54) is 16.3 Å². The molecule has 0 spiro atoms. The fraction of sp³-hybridized carbons (Fsp3) is 0.444. The zero-order valence-electron chi connectivity index (χ0n) is 14.5. The van der Waals surface area contributed by atoms with E-state index in [1.807, 2.05) is 24.4 Å². The Labute approximate surface area is 156 Å². The number of halogens is 1. The molecular weight excluding hydrogens is 356 g/mol. The number of para-hydroxylation sites is 1. The van der Waals surface area contributed by atoms with Gasteiger partial charge in [0.1, 0.15) is 6.20 Å². The predicted molar refractivity (Wildman–Crippen MR) is 100 cm³/mol. The van der Waals surface area contributed by atoms with E-state index >= 15 is 0 Å². The molecule has 0 bridgehead atoms. The highest BCUT2D eigenvalue weighted by Gasteiger charge is 2.26. The summed E-state index contributed by atoms with van der Waals surface area (Å²) in [4.78, 5) is 18.3. The first-order chi connectivity index (χ1) is 12.4. The first-order valence-electron chi connectivity index (χ1n) is 8.58. The maximum Gasteiger partial charge on any atom is 0.383 e. The molecule has 0 amide bonds. The first kappa shape index (κ1) is 18.5. The number of imidazole rings is 1. The van der Waals surface area contributed by atoms with Gasteiger partial charge in [-0.15, -0.1) is 0 Å². The van der Waals surface area contributed by atoms with Gasteiger partial charge in [0.05, 0.1) is 17.8 Å². The van der Waals surface area contributed by atoms with E-state index in [4.69, 9.17) is 11.6 Å². The van der Waals surface area contributed by atoms with Crippen LogP contribution in [0.15, 0.2) is 35.5 Å². The third-order valence-corrected chi connectivity index (χ3v) is 4.93. The van der Waals surface area contributed by atoms with Crippen LogP contribution in [0.5, 0.6) is 0 Å². The van der Waals surface area contributed by atoms with Gasteiger partial charge in [0, 0.05) is 12.1 Å². The minimum atomic E-state index is -1.01. The average molecular weight is 377 g/mol. The molecule has 138 valence electrons. The summed E-state index contributed by atoms with van der Waals surface area (Å²) in [6.45, 7) is 1.88.